The van der Waals surface area contributed by atoms with Crippen LogP contribution < -0.4 is 5.32 Å². The average Bonchev–Trinajstić information content (AvgIpc) is 2.63. The number of hydrogen-bond donors (Lipinski definition) is 1. The minimum Gasteiger partial charge on any atom is -0.349 e. The SMILES string of the molecule is O=C(NC1CCN(CCc2ccncc2)CC1)c1ccccc1. The van der Waals surface area contributed by atoms with E-state index in [0.717, 1.165) is 44.5 Å². The minimum absolute atomic E-state index is 0.0424. The summed E-state index contributed by atoms with van der Waals surface area (Å²) in [7, 11) is 0. The Morgan fingerprint density at radius 2 is 1.78 bits per heavy atom. The van der Waals surface area contributed by atoms with Gasteiger partial charge in [0.15, 0.2) is 0 Å². The molecule has 23 heavy (non-hydrogen) atoms. The number of rotatable bonds is 5. The second kappa shape index (κ2) is 7.88. The normalized spacial score (nSPS) is 16.2. The molecule has 0 atom stereocenters. The van der Waals surface area contributed by atoms with Gasteiger partial charge >= 0.3 is 0 Å². The summed E-state index contributed by atoms with van der Waals surface area (Å²) in [6.07, 6.45) is 6.80. The van der Waals surface area contributed by atoms with Crippen LogP contribution in [0.4, 0.5) is 0 Å². The van der Waals surface area contributed by atoms with Crippen molar-refractivity contribution in [3.05, 3.63) is 66.0 Å². The second-order valence-corrected chi connectivity index (χ2v) is 6.06. The molecule has 0 bridgehead atoms. The van der Waals surface area contributed by atoms with Crippen molar-refractivity contribution in [2.45, 2.75) is 25.3 Å². The smallest absolute Gasteiger partial charge is 0.251 e. The van der Waals surface area contributed by atoms with E-state index in [4.69, 9.17) is 0 Å². The first-order valence-electron chi connectivity index (χ1n) is 8.28. The van der Waals surface area contributed by atoms with Gasteiger partial charge < -0.3 is 10.2 Å². The van der Waals surface area contributed by atoms with Crippen LogP contribution in [-0.4, -0.2) is 41.5 Å². The first kappa shape index (κ1) is 15.7. The topological polar surface area (TPSA) is 45.2 Å². The highest BCUT2D eigenvalue weighted by Crippen LogP contribution is 2.12. The van der Waals surface area contributed by atoms with Crippen LogP contribution in [0.5, 0.6) is 0 Å². The number of aromatic nitrogens is 1. The van der Waals surface area contributed by atoms with Crippen molar-refractivity contribution in [3.63, 3.8) is 0 Å². The number of nitrogens with one attached hydrogen (secondary N) is 1. The van der Waals surface area contributed by atoms with E-state index in [1.54, 1.807) is 0 Å². The molecule has 1 aromatic carbocycles. The number of likely N-dealkylation sites (tertiary alicyclic amines) is 1. The summed E-state index contributed by atoms with van der Waals surface area (Å²) in [5, 5.41) is 3.16. The molecule has 0 spiro atoms. The molecular weight excluding hydrogens is 286 g/mol. The van der Waals surface area contributed by atoms with Gasteiger partial charge in [-0.3, -0.25) is 9.78 Å². The number of amides is 1. The van der Waals surface area contributed by atoms with E-state index < -0.39 is 0 Å². The summed E-state index contributed by atoms with van der Waals surface area (Å²) in [4.78, 5) is 18.7. The van der Waals surface area contributed by atoms with Crippen molar-refractivity contribution in [3.8, 4) is 0 Å². The molecule has 1 N–H and O–H groups in total. The molecule has 1 aromatic heterocycles. The summed E-state index contributed by atoms with van der Waals surface area (Å²) in [6.45, 7) is 3.17. The van der Waals surface area contributed by atoms with Crippen molar-refractivity contribution in [1.82, 2.24) is 15.2 Å². The van der Waals surface area contributed by atoms with E-state index in [9.17, 15) is 4.79 Å². The zero-order chi connectivity index (χ0) is 15.9. The van der Waals surface area contributed by atoms with E-state index in [1.165, 1.54) is 5.56 Å². The Hall–Kier alpha value is -2.20. The maximum atomic E-state index is 12.2. The van der Waals surface area contributed by atoms with Gasteiger partial charge in [-0.05, 0) is 49.1 Å². The van der Waals surface area contributed by atoms with Gasteiger partial charge in [0, 0.05) is 43.6 Å². The molecular formula is C19H23N3O. The maximum Gasteiger partial charge on any atom is 0.251 e. The number of hydrogen-bond acceptors (Lipinski definition) is 3. The number of nitrogens with zero attached hydrogens (tertiary/aromatic N) is 2. The fourth-order valence-corrected chi connectivity index (χ4v) is 3.00. The monoisotopic (exact) mass is 309 g/mol. The molecule has 120 valence electrons. The fraction of sp³-hybridized carbons (Fsp3) is 0.368. The molecule has 1 saturated heterocycles. The zero-order valence-electron chi connectivity index (χ0n) is 13.3. The number of pyridine rings is 1. The van der Waals surface area contributed by atoms with E-state index in [0.29, 0.717) is 6.04 Å². The lowest BCUT2D eigenvalue weighted by molar-refractivity contribution is 0.0911. The van der Waals surface area contributed by atoms with E-state index in [2.05, 4.69) is 27.3 Å². The van der Waals surface area contributed by atoms with Gasteiger partial charge in [-0.2, -0.15) is 0 Å². The van der Waals surface area contributed by atoms with Crippen LogP contribution in [0.25, 0.3) is 0 Å². The largest absolute Gasteiger partial charge is 0.349 e. The second-order valence-electron chi connectivity index (χ2n) is 6.06. The molecule has 1 aliphatic heterocycles. The number of carbonyl (C=O) groups excluding carboxylic acids is 1. The number of carbonyl (C=O) groups is 1. The van der Waals surface area contributed by atoms with Gasteiger partial charge in [0.05, 0.1) is 0 Å². The Labute approximate surface area is 137 Å². The Morgan fingerprint density at radius 3 is 2.48 bits per heavy atom. The van der Waals surface area contributed by atoms with Crippen LogP contribution in [0, 0.1) is 0 Å². The minimum atomic E-state index is 0.0424. The van der Waals surface area contributed by atoms with Crippen LogP contribution >= 0.6 is 0 Å². The first-order valence-corrected chi connectivity index (χ1v) is 8.28. The quantitative estimate of drug-likeness (QED) is 0.923. The fourth-order valence-electron chi connectivity index (χ4n) is 3.00. The third kappa shape index (κ3) is 4.63. The lowest BCUT2D eigenvalue weighted by Crippen LogP contribution is -2.45. The van der Waals surface area contributed by atoms with Gasteiger partial charge in [0.2, 0.25) is 0 Å². The van der Waals surface area contributed by atoms with Gasteiger partial charge in [0.25, 0.3) is 5.91 Å². The molecule has 1 fully saturated rings. The number of benzene rings is 1. The standard InChI is InChI=1S/C19H23N3O/c23-19(17-4-2-1-3-5-17)21-18-9-14-22(15-10-18)13-8-16-6-11-20-12-7-16/h1-7,11-12,18H,8-10,13-15H2,(H,21,23). The molecule has 4 nitrogen and oxygen atoms in total. The summed E-state index contributed by atoms with van der Waals surface area (Å²) in [5.74, 6) is 0.0424. The Kier molecular flexibility index (Phi) is 5.37. The molecule has 2 aromatic rings. The predicted octanol–water partition coefficient (Wildman–Crippen LogP) is 2.52. The highest BCUT2D eigenvalue weighted by molar-refractivity contribution is 5.94. The molecule has 3 rings (SSSR count). The lowest BCUT2D eigenvalue weighted by Gasteiger charge is -2.32. The van der Waals surface area contributed by atoms with Crippen LogP contribution in [0.2, 0.25) is 0 Å². The van der Waals surface area contributed by atoms with Crippen molar-refractivity contribution in [2.24, 2.45) is 0 Å². The van der Waals surface area contributed by atoms with Crippen LogP contribution in [0.3, 0.4) is 0 Å². The Balaban J connectivity index is 1.41. The van der Waals surface area contributed by atoms with E-state index >= 15 is 0 Å². The lowest BCUT2D eigenvalue weighted by atomic mass is 10.0. The molecule has 1 aliphatic rings. The van der Waals surface area contributed by atoms with Crippen LogP contribution in [0.15, 0.2) is 54.9 Å². The van der Waals surface area contributed by atoms with Crippen molar-refractivity contribution >= 4 is 5.91 Å². The molecule has 0 saturated carbocycles. The highest BCUT2D eigenvalue weighted by Gasteiger charge is 2.20. The van der Waals surface area contributed by atoms with Gasteiger partial charge in [-0.15, -0.1) is 0 Å². The average molecular weight is 309 g/mol. The molecule has 0 aliphatic carbocycles. The van der Waals surface area contributed by atoms with E-state index in [1.807, 2.05) is 42.7 Å². The summed E-state index contributed by atoms with van der Waals surface area (Å²) < 4.78 is 0. The van der Waals surface area contributed by atoms with Gasteiger partial charge in [-0.1, -0.05) is 18.2 Å². The van der Waals surface area contributed by atoms with Gasteiger partial charge in [-0.25, -0.2) is 0 Å². The Bertz CT molecular complexity index is 607. The third-order valence-electron chi connectivity index (χ3n) is 4.42. The maximum absolute atomic E-state index is 12.2. The Morgan fingerprint density at radius 1 is 1.09 bits per heavy atom. The summed E-state index contributed by atoms with van der Waals surface area (Å²) in [6, 6.07) is 13.9. The van der Waals surface area contributed by atoms with Crippen molar-refractivity contribution < 1.29 is 4.79 Å². The third-order valence-corrected chi connectivity index (χ3v) is 4.42. The molecule has 0 unspecified atom stereocenters. The van der Waals surface area contributed by atoms with Gasteiger partial charge in [0.1, 0.15) is 0 Å². The van der Waals surface area contributed by atoms with E-state index in [-0.39, 0.29) is 5.91 Å². The highest BCUT2D eigenvalue weighted by atomic mass is 16.1. The van der Waals surface area contributed by atoms with Crippen molar-refractivity contribution in [2.75, 3.05) is 19.6 Å². The molecule has 2 heterocycles. The molecule has 0 radical (unpaired) electrons. The molecule has 1 amide bonds. The summed E-state index contributed by atoms with van der Waals surface area (Å²) in [5.41, 5.74) is 2.08. The zero-order valence-corrected chi connectivity index (χ0v) is 13.3. The van der Waals surface area contributed by atoms with Crippen LogP contribution in [0.1, 0.15) is 28.8 Å². The molecule has 4 heteroatoms. The number of piperidine rings is 1. The summed E-state index contributed by atoms with van der Waals surface area (Å²) >= 11 is 0. The predicted molar refractivity (Wildman–Crippen MR) is 91.3 cm³/mol. The van der Waals surface area contributed by atoms with Crippen molar-refractivity contribution in [1.29, 1.82) is 0 Å². The van der Waals surface area contributed by atoms with Crippen LogP contribution in [-0.2, 0) is 6.42 Å². The first-order chi connectivity index (χ1) is 11.3.